The summed E-state index contributed by atoms with van der Waals surface area (Å²) >= 11 is 0. The number of nitrogens with one attached hydrogen (secondary N) is 1. The SMILES string of the molecule is O=C(O)CCN(Cc1ccc(F)cc1)C(=O)c1ccccc1-c1ccccc1C(=O)NCc1ccc(F)cc1. The van der Waals surface area contributed by atoms with Crippen LogP contribution in [0, 0.1) is 11.6 Å². The van der Waals surface area contributed by atoms with Crippen LogP contribution in [0.5, 0.6) is 0 Å². The van der Waals surface area contributed by atoms with Crippen LogP contribution in [-0.4, -0.2) is 34.3 Å². The van der Waals surface area contributed by atoms with Gasteiger partial charge >= 0.3 is 5.97 Å². The second-order valence-corrected chi connectivity index (χ2v) is 8.90. The lowest BCUT2D eigenvalue weighted by Crippen LogP contribution is -2.33. The minimum atomic E-state index is -1.05. The molecule has 6 nitrogen and oxygen atoms in total. The Morgan fingerprint density at radius 2 is 1.21 bits per heavy atom. The van der Waals surface area contributed by atoms with Gasteiger partial charge < -0.3 is 15.3 Å². The number of nitrogens with zero attached hydrogens (tertiary/aromatic N) is 1. The van der Waals surface area contributed by atoms with Crippen LogP contribution >= 0.6 is 0 Å². The first-order chi connectivity index (χ1) is 18.8. The molecule has 0 saturated heterocycles. The van der Waals surface area contributed by atoms with Crippen molar-refractivity contribution < 1.29 is 28.3 Å². The molecule has 4 aromatic rings. The third-order valence-corrected chi connectivity index (χ3v) is 6.16. The van der Waals surface area contributed by atoms with Crippen molar-refractivity contribution in [3.8, 4) is 11.1 Å². The summed E-state index contributed by atoms with van der Waals surface area (Å²) in [5.41, 5.74) is 3.05. The van der Waals surface area contributed by atoms with Gasteiger partial charge in [0.1, 0.15) is 11.6 Å². The van der Waals surface area contributed by atoms with E-state index in [1.165, 1.54) is 29.2 Å². The van der Waals surface area contributed by atoms with Gasteiger partial charge in [0, 0.05) is 30.8 Å². The number of hydrogen-bond acceptors (Lipinski definition) is 3. The summed E-state index contributed by atoms with van der Waals surface area (Å²) in [5.74, 6) is -2.62. The van der Waals surface area contributed by atoms with Gasteiger partial charge in [0.2, 0.25) is 0 Å². The third kappa shape index (κ3) is 7.13. The zero-order valence-corrected chi connectivity index (χ0v) is 20.9. The quantitative estimate of drug-likeness (QED) is 0.277. The fourth-order valence-corrected chi connectivity index (χ4v) is 4.16. The Morgan fingerprint density at radius 3 is 1.79 bits per heavy atom. The van der Waals surface area contributed by atoms with Gasteiger partial charge in [-0.1, -0.05) is 60.7 Å². The molecule has 4 aromatic carbocycles. The molecular weight excluding hydrogens is 502 g/mol. The van der Waals surface area contributed by atoms with Crippen molar-refractivity contribution in [1.82, 2.24) is 10.2 Å². The summed E-state index contributed by atoms with van der Waals surface area (Å²) in [6.45, 7) is 0.217. The largest absolute Gasteiger partial charge is 0.481 e. The Bertz CT molecular complexity index is 1470. The predicted molar refractivity (Wildman–Crippen MR) is 143 cm³/mol. The van der Waals surface area contributed by atoms with E-state index in [1.807, 2.05) is 0 Å². The van der Waals surface area contributed by atoms with E-state index in [9.17, 15) is 28.3 Å². The van der Waals surface area contributed by atoms with Crippen LogP contribution in [0.2, 0.25) is 0 Å². The molecule has 0 unspecified atom stereocenters. The summed E-state index contributed by atoms with van der Waals surface area (Å²) in [6, 6.07) is 25.1. The fourth-order valence-electron chi connectivity index (χ4n) is 4.16. The van der Waals surface area contributed by atoms with E-state index in [4.69, 9.17) is 0 Å². The maximum Gasteiger partial charge on any atom is 0.305 e. The van der Waals surface area contributed by atoms with Crippen molar-refractivity contribution in [1.29, 1.82) is 0 Å². The average Bonchev–Trinajstić information content (AvgIpc) is 2.95. The third-order valence-electron chi connectivity index (χ3n) is 6.16. The first kappa shape index (κ1) is 27.2. The molecule has 8 heteroatoms. The Balaban J connectivity index is 1.63. The van der Waals surface area contributed by atoms with Crippen molar-refractivity contribution in [2.24, 2.45) is 0 Å². The first-order valence-electron chi connectivity index (χ1n) is 12.3. The van der Waals surface area contributed by atoms with Gasteiger partial charge in [-0.25, -0.2) is 8.78 Å². The van der Waals surface area contributed by atoms with Crippen molar-refractivity contribution in [2.75, 3.05) is 6.54 Å². The number of amides is 2. The summed E-state index contributed by atoms with van der Waals surface area (Å²) in [6.07, 6.45) is -0.266. The summed E-state index contributed by atoms with van der Waals surface area (Å²) in [4.78, 5) is 39.6. The number of benzene rings is 4. The molecule has 0 spiro atoms. The number of aliphatic carboxylic acids is 1. The highest BCUT2D eigenvalue weighted by atomic mass is 19.1. The summed E-state index contributed by atoms with van der Waals surface area (Å²) in [5, 5.41) is 12.1. The monoisotopic (exact) mass is 528 g/mol. The van der Waals surface area contributed by atoms with Crippen LogP contribution in [0.1, 0.15) is 38.3 Å². The normalized spacial score (nSPS) is 10.6. The number of hydrogen-bond donors (Lipinski definition) is 2. The van der Waals surface area contributed by atoms with Gasteiger partial charge in [-0.15, -0.1) is 0 Å². The van der Waals surface area contributed by atoms with E-state index in [1.54, 1.807) is 72.8 Å². The van der Waals surface area contributed by atoms with E-state index >= 15 is 0 Å². The lowest BCUT2D eigenvalue weighted by molar-refractivity contribution is -0.137. The topological polar surface area (TPSA) is 86.7 Å². The van der Waals surface area contributed by atoms with Crippen molar-refractivity contribution in [3.63, 3.8) is 0 Å². The first-order valence-corrected chi connectivity index (χ1v) is 12.3. The zero-order chi connectivity index (χ0) is 27.8. The van der Waals surface area contributed by atoms with E-state index in [-0.39, 0.29) is 37.8 Å². The van der Waals surface area contributed by atoms with Crippen molar-refractivity contribution in [2.45, 2.75) is 19.5 Å². The van der Waals surface area contributed by atoms with Gasteiger partial charge in [0.15, 0.2) is 0 Å². The van der Waals surface area contributed by atoms with Crippen LogP contribution in [0.3, 0.4) is 0 Å². The smallest absolute Gasteiger partial charge is 0.305 e. The summed E-state index contributed by atoms with van der Waals surface area (Å²) < 4.78 is 26.6. The fraction of sp³-hybridized carbons (Fsp3) is 0.129. The minimum absolute atomic E-state index is 0.0559. The van der Waals surface area contributed by atoms with Gasteiger partial charge in [-0.05, 0) is 58.7 Å². The molecule has 4 rings (SSSR count). The van der Waals surface area contributed by atoms with Gasteiger partial charge in [-0.2, -0.15) is 0 Å². The van der Waals surface area contributed by atoms with Gasteiger partial charge in [0.25, 0.3) is 11.8 Å². The number of carboxylic acids is 1. The lowest BCUT2D eigenvalue weighted by Gasteiger charge is -2.24. The number of carbonyl (C=O) groups is 3. The molecule has 2 amide bonds. The Kier molecular flexibility index (Phi) is 8.78. The minimum Gasteiger partial charge on any atom is -0.481 e. The Labute approximate surface area is 224 Å². The van der Waals surface area contributed by atoms with E-state index in [0.29, 0.717) is 27.8 Å². The zero-order valence-electron chi connectivity index (χ0n) is 20.9. The molecule has 0 heterocycles. The molecule has 0 saturated carbocycles. The molecule has 0 aliphatic heterocycles. The Morgan fingerprint density at radius 1 is 0.692 bits per heavy atom. The second-order valence-electron chi connectivity index (χ2n) is 8.90. The van der Waals surface area contributed by atoms with Gasteiger partial charge in [0.05, 0.1) is 6.42 Å². The van der Waals surface area contributed by atoms with Crippen molar-refractivity contribution >= 4 is 17.8 Å². The molecule has 0 bridgehead atoms. The summed E-state index contributed by atoms with van der Waals surface area (Å²) in [7, 11) is 0. The molecule has 0 aliphatic rings. The molecular formula is C31H26F2N2O4. The number of carboxylic acid groups (broad SMARTS) is 1. The van der Waals surface area contributed by atoms with E-state index < -0.39 is 17.7 Å². The van der Waals surface area contributed by atoms with Crippen LogP contribution in [0.25, 0.3) is 11.1 Å². The average molecular weight is 529 g/mol. The molecule has 0 aromatic heterocycles. The second kappa shape index (κ2) is 12.6. The predicted octanol–water partition coefficient (Wildman–Crippen LogP) is 5.68. The molecule has 0 atom stereocenters. The highest BCUT2D eigenvalue weighted by molar-refractivity contribution is 6.06. The van der Waals surface area contributed by atoms with E-state index in [2.05, 4.69) is 5.32 Å². The molecule has 0 radical (unpaired) electrons. The molecule has 2 N–H and O–H groups in total. The maximum atomic E-state index is 13.8. The molecule has 198 valence electrons. The highest BCUT2D eigenvalue weighted by Gasteiger charge is 2.23. The molecule has 39 heavy (non-hydrogen) atoms. The van der Waals surface area contributed by atoms with Crippen LogP contribution in [0.4, 0.5) is 8.78 Å². The number of carbonyl (C=O) groups excluding carboxylic acids is 2. The maximum absolute atomic E-state index is 13.8. The number of rotatable bonds is 10. The van der Waals surface area contributed by atoms with Gasteiger partial charge in [-0.3, -0.25) is 14.4 Å². The lowest BCUT2D eigenvalue weighted by atomic mass is 9.94. The van der Waals surface area contributed by atoms with Crippen LogP contribution in [0.15, 0.2) is 97.1 Å². The van der Waals surface area contributed by atoms with Crippen LogP contribution in [-0.2, 0) is 17.9 Å². The number of halogens is 2. The molecule has 0 fully saturated rings. The van der Waals surface area contributed by atoms with Crippen molar-refractivity contribution in [3.05, 3.63) is 131 Å². The van der Waals surface area contributed by atoms with Crippen LogP contribution < -0.4 is 5.32 Å². The highest BCUT2D eigenvalue weighted by Crippen LogP contribution is 2.29. The van der Waals surface area contributed by atoms with E-state index in [0.717, 1.165) is 5.56 Å². The Hall–Kier alpha value is -4.85. The standard InChI is InChI=1S/C31H26F2N2O4/c32-23-13-9-21(10-14-23)19-34-30(38)27-7-3-1-5-25(27)26-6-2-4-8-28(26)31(39)35(18-17-29(36)37)20-22-11-15-24(33)16-12-22/h1-16H,17-20H2,(H,34,38)(H,36,37). The molecule has 0 aliphatic carbocycles.